The van der Waals surface area contributed by atoms with Crippen molar-refractivity contribution in [1.29, 1.82) is 0 Å². The Kier molecular flexibility index (Phi) is 6.90. The maximum absolute atomic E-state index is 12.7. The Hall–Kier alpha value is -1.49. The molecule has 0 amide bonds. The maximum atomic E-state index is 12.7. The van der Waals surface area contributed by atoms with E-state index in [9.17, 15) is 31.1 Å². The average molecular weight is 391 g/mol. The molecule has 0 spiro atoms. The lowest BCUT2D eigenvalue weighted by Crippen LogP contribution is -2.15. The predicted octanol–water partition coefficient (Wildman–Crippen LogP) is 4.72. The van der Waals surface area contributed by atoms with Crippen molar-refractivity contribution in [3.05, 3.63) is 29.3 Å². The third-order valence-corrected chi connectivity index (χ3v) is 3.66. The number of nitrogens with one attached hydrogen (secondary N) is 1. The predicted molar refractivity (Wildman–Crippen MR) is 81.8 cm³/mol. The molecule has 11 heteroatoms. The molecule has 0 radical (unpaired) electrons. The van der Waals surface area contributed by atoms with Gasteiger partial charge >= 0.3 is 18.3 Å². The molecule has 1 aromatic carbocycles. The van der Waals surface area contributed by atoms with Crippen LogP contribution in [-0.2, 0) is 21.9 Å². The highest BCUT2D eigenvalue weighted by Crippen LogP contribution is 2.37. The second-order valence-corrected chi connectivity index (χ2v) is 5.95. The zero-order valence-corrected chi connectivity index (χ0v) is 13.7. The lowest BCUT2D eigenvalue weighted by molar-refractivity contribution is -0.143. The normalized spacial score (nSPS) is 12.0. The molecule has 134 valence electrons. The van der Waals surface area contributed by atoms with Gasteiger partial charge in [0.2, 0.25) is 0 Å². The Balaban J connectivity index is 2.94. The van der Waals surface area contributed by atoms with Crippen molar-refractivity contribution in [2.75, 3.05) is 17.7 Å². The number of thioether (sulfide) groups is 1. The number of benzene rings is 1. The maximum Gasteiger partial charge on any atom is 0.416 e. The monoisotopic (exact) mass is 391 g/mol. The first-order chi connectivity index (χ1) is 10.9. The number of ether oxygens (including phenoxy) is 1. The molecule has 0 atom stereocenters. The standard InChI is InChI=1S/C13H11F6NO2S2/c1-2-22-10(21)6-24-11(23)20-9-4-7(12(14,15)16)3-8(5-9)13(17,18)19/h3-5H,2,6H2,1H3,(H,20,23). The topological polar surface area (TPSA) is 38.3 Å². The van der Waals surface area contributed by atoms with Gasteiger partial charge in [-0.2, -0.15) is 26.3 Å². The van der Waals surface area contributed by atoms with Crippen LogP contribution in [0.1, 0.15) is 18.1 Å². The van der Waals surface area contributed by atoms with Gasteiger partial charge in [-0.1, -0.05) is 24.0 Å². The van der Waals surface area contributed by atoms with E-state index in [1.54, 1.807) is 6.92 Å². The van der Waals surface area contributed by atoms with Crippen LogP contribution in [0.25, 0.3) is 0 Å². The lowest BCUT2D eigenvalue weighted by Gasteiger charge is -2.15. The SMILES string of the molecule is CCOC(=O)CSC(=S)Nc1cc(C(F)(F)F)cc(C(F)(F)F)c1. The van der Waals surface area contributed by atoms with Crippen molar-refractivity contribution in [3.63, 3.8) is 0 Å². The quantitative estimate of drug-likeness (QED) is 0.457. The molecule has 0 saturated carbocycles. The number of hydrogen-bond donors (Lipinski definition) is 1. The van der Waals surface area contributed by atoms with Crippen LogP contribution < -0.4 is 5.32 Å². The van der Waals surface area contributed by atoms with E-state index in [0.29, 0.717) is 12.1 Å². The van der Waals surface area contributed by atoms with Gasteiger partial charge in [0.15, 0.2) is 0 Å². The van der Waals surface area contributed by atoms with Gasteiger partial charge in [-0.05, 0) is 25.1 Å². The van der Waals surface area contributed by atoms with Crippen LogP contribution in [0.3, 0.4) is 0 Å². The highest BCUT2D eigenvalue weighted by Gasteiger charge is 2.37. The van der Waals surface area contributed by atoms with Gasteiger partial charge in [0, 0.05) is 5.69 Å². The summed E-state index contributed by atoms with van der Waals surface area (Å²) in [7, 11) is 0. The van der Waals surface area contributed by atoms with Crippen LogP contribution in [-0.4, -0.2) is 22.6 Å². The van der Waals surface area contributed by atoms with Crippen LogP contribution in [0.4, 0.5) is 32.0 Å². The molecule has 1 aromatic rings. The summed E-state index contributed by atoms with van der Waals surface area (Å²) in [5.74, 6) is -0.822. The molecule has 1 N–H and O–H groups in total. The minimum atomic E-state index is -4.95. The minimum absolute atomic E-state index is 0.0139. The Morgan fingerprint density at radius 2 is 1.62 bits per heavy atom. The number of anilines is 1. The Labute approximate surface area is 142 Å². The summed E-state index contributed by atoms with van der Waals surface area (Å²) in [4.78, 5) is 11.1. The largest absolute Gasteiger partial charge is 0.465 e. The van der Waals surface area contributed by atoms with Crippen LogP contribution in [0, 0.1) is 0 Å². The molecule has 0 saturated heterocycles. The van der Waals surface area contributed by atoms with Gasteiger partial charge in [-0.25, -0.2) is 0 Å². The van der Waals surface area contributed by atoms with Crippen molar-refractivity contribution in [2.45, 2.75) is 19.3 Å². The van der Waals surface area contributed by atoms with Crippen LogP contribution in [0.15, 0.2) is 18.2 Å². The molecule has 24 heavy (non-hydrogen) atoms. The van der Waals surface area contributed by atoms with Crippen molar-refractivity contribution >= 4 is 40.0 Å². The molecule has 0 aromatic heterocycles. The summed E-state index contributed by atoms with van der Waals surface area (Å²) >= 11 is 5.52. The van der Waals surface area contributed by atoms with Gasteiger partial charge in [-0.15, -0.1) is 0 Å². The third-order valence-electron chi connectivity index (χ3n) is 2.46. The lowest BCUT2D eigenvalue weighted by atomic mass is 10.1. The first-order valence-corrected chi connectivity index (χ1v) is 7.71. The Morgan fingerprint density at radius 3 is 2.04 bits per heavy atom. The number of thiocarbonyl (C=S) groups is 1. The number of rotatable bonds is 4. The van der Waals surface area contributed by atoms with Crippen LogP contribution in [0.2, 0.25) is 0 Å². The number of esters is 1. The number of carbonyl (C=O) groups is 1. The highest BCUT2D eigenvalue weighted by atomic mass is 32.2. The molecule has 0 bridgehead atoms. The first-order valence-electron chi connectivity index (χ1n) is 6.32. The molecule has 0 aliphatic carbocycles. The van der Waals surface area contributed by atoms with E-state index < -0.39 is 35.1 Å². The molecule has 3 nitrogen and oxygen atoms in total. The Bertz CT molecular complexity index is 583. The van der Waals surface area contributed by atoms with Gasteiger partial charge in [0.25, 0.3) is 0 Å². The van der Waals surface area contributed by atoms with E-state index in [0.717, 1.165) is 11.8 Å². The number of hydrogen-bond acceptors (Lipinski definition) is 4. The van der Waals surface area contributed by atoms with Gasteiger partial charge in [-0.3, -0.25) is 4.79 Å². The summed E-state index contributed by atoms with van der Waals surface area (Å²) in [6.45, 7) is 1.72. The van der Waals surface area contributed by atoms with Crippen molar-refractivity contribution < 1.29 is 35.9 Å². The summed E-state index contributed by atoms with van der Waals surface area (Å²) < 4.78 is 80.8. The molecular weight excluding hydrogens is 380 g/mol. The van der Waals surface area contributed by atoms with Gasteiger partial charge < -0.3 is 10.1 Å². The van der Waals surface area contributed by atoms with Crippen molar-refractivity contribution in [2.24, 2.45) is 0 Å². The summed E-state index contributed by atoms with van der Waals surface area (Å²) in [6, 6.07) is 1.03. The molecular formula is C13H11F6NO2S2. The number of carbonyl (C=O) groups excluding carboxylic acids is 1. The summed E-state index contributed by atoms with van der Waals surface area (Å²) in [5, 5.41) is 2.25. The zero-order chi connectivity index (χ0) is 18.5. The van der Waals surface area contributed by atoms with E-state index in [1.807, 2.05) is 0 Å². The summed E-state index contributed by atoms with van der Waals surface area (Å²) in [5.41, 5.74) is -3.39. The van der Waals surface area contributed by atoms with Crippen molar-refractivity contribution in [3.8, 4) is 0 Å². The smallest absolute Gasteiger partial charge is 0.416 e. The van der Waals surface area contributed by atoms with Crippen LogP contribution in [0.5, 0.6) is 0 Å². The number of alkyl halides is 6. The molecule has 0 heterocycles. The average Bonchev–Trinajstić information content (AvgIpc) is 2.43. The molecule has 0 fully saturated rings. The fraction of sp³-hybridized carbons (Fsp3) is 0.385. The van der Waals surface area contributed by atoms with E-state index in [1.165, 1.54) is 0 Å². The fourth-order valence-corrected chi connectivity index (χ4v) is 2.33. The molecule has 0 aliphatic heterocycles. The minimum Gasteiger partial charge on any atom is -0.465 e. The molecule has 0 aliphatic rings. The highest BCUT2D eigenvalue weighted by molar-refractivity contribution is 8.23. The van der Waals surface area contributed by atoms with E-state index >= 15 is 0 Å². The summed E-state index contributed by atoms with van der Waals surface area (Å²) in [6.07, 6.45) is -9.89. The number of halogens is 6. The molecule has 0 unspecified atom stereocenters. The molecule has 1 rings (SSSR count). The van der Waals surface area contributed by atoms with Gasteiger partial charge in [0.1, 0.15) is 4.32 Å². The Morgan fingerprint density at radius 1 is 1.12 bits per heavy atom. The van der Waals surface area contributed by atoms with E-state index in [-0.39, 0.29) is 22.7 Å². The fourth-order valence-electron chi connectivity index (χ4n) is 1.51. The zero-order valence-electron chi connectivity index (χ0n) is 12.0. The third kappa shape index (κ3) is 6.56. The second-order valence-electron chi connectivity index (χ2n) is 4.30. The van der Waals surface area contributed by atoms with Gasteiger partial charge in [0.05, 0.1) is 23.5 Å². The van der Waals surface area contributed by atoms with Crippen LogP contribution >= 0.6 is 24.0 Å². The second kappa shape index (κ2) is 8.06. The van der Waals surface area contributed by atoms with E-state index in [4.69, 9.17) is 12.2 Å². The van der Waals surface area contributed by atoms with E-state index in [2.05, 4.69) is 10.1 Å². The first kappa shape index (κ1) is 20.6. The van der Waals surface area contributed by atoms with Crippen molar-refractivity contribution in [1.82, 2.24) is 0 Å².